The minimum atomic E-state index is -0.698. The summed E-state index contributed by atoms with van der Waals surface area (Å²) < 4.78 is 4.72. The third kappa shape index (κ3) is 2.72. The molecule has 0 heterocycles. The zero-order valence-electron chi connectivity index (χ0n) is 10.2. The number of ether oxygens (including phenoxy) is 1. The summed E-state index contributed by atoms with van der Waals surface area (Å²) in [5.41, 5.74) is 0. The van der Waals surface area contributed by atoms with Gasteiger partial charge in [-0.05, 0) is 18.8 Å². The SMILES string of the molecule is CC(=O)OCC#CCC1CC2(Cl)CC1(Cl)C(Cl)=C2Cl. The number of allylic oxidation sites excluding steroid dienone is 2. The van der Waals surface area contributed by atoms with Crippen LogP contribution >= 0.6 is 46.4 Å². The van der Waals surface area contributed by atoms with Crippen LogP contribution in [-0.2, 0) is 9.53 Å². The first kappa shape index (κ1) is 15.3. The molecule has 0 aromatic carbocycles. The minimum absolute atomic E-state index is 0.0616. The van der Waals surface area contributed by atoms with E-state index >= 15 is 0 Å². The maximum absolute atomic E-state index is 10.6. The van der Waals surface area contributed by atoms with E-state index in [-0.39, 0.29) is 18.5 Å². The molecule has 1 saturated carbocycles. The van der Waals surface area contributed by atoms with Crippen LogP contribution in [0.3, 0.4) is 0 Å². The van der Waals surface area contributed by atoms with Crippen molar-refractivity contribution in [3.63, 3.8) is 0 Å². The molecule has 3 atom stereocenters. The van der Waals surface area contributed by atoms with E-state index in [1.807, 2.05) is 0 Å². The Kier molecular flexibility index (Phi) is 4.33. The van der Waals surface area contributed by atoms with Gasteiger partial charge in [0.15, 0.2) is 6.61 Å². The van der Waals surface area contributed by atoms with E-state index in [0.29, 0.717) is 29.3 Å². The highest BCUT2D eigenvalue weighted by molar-refractivity contribution is 6.50. The highest BCUT2D eigenvalue weighted by Gasteiger charge is 2.62. The van der Waals surface area contributed by atoms with Gasteiger partial charge in [0.1, 0.15) is 0 Å². The van der Waals surface area contributed by atoms with Gasteiger partial charge in [0.25, 0.3) is 0 Å². The van der Waals surface area contributed by atoms with Gasteiger partial charge in [-0.15, -0.1) is 23.2 Å². The fraction of sp³-hybridized carbons (Fsp3) is 0.615. The lowest BCUT2D eigenvalue weighted by Gasteiger charge is -2.28. The molecule has 0 saturated heterocycles. The van der Waals surface area contributed by atoms with Crippen LogP contribution in [0.25, 0.3) is 0 Å². The van der Waals surface area contributed by atoms with E-state index in [2.05, 4.69) is 11.8 Å². The molecule has 0 amide bonds. The number of rotatable bonds is 2. The second kappa shape index (κ2) is 5.37. The van der Waals surface area contributed by atoms with Crippen molar-refractivity contribution >= 4 is 52.4 Å². The number of halogens is 4. The number of carbonyl (C=O) groups excluding carboxylic acids is 1. The molecule has 0 aromatic heterocycles. The van der Waals surface area contributed by atoms with Gasteiger partial charge in [-0.1, -0.05) is 35.0 Å². The molecule has 6 heteroatoms. The lowest BCUT2D eigenvalue weighted by molar-refractivity contribution is -0.139. The molecule has 3 unspecified atom stereocenters. The molecule has 0 N–H and O–H groups in total. The van der Waals surface area contributed by atoms with Crippen molar-refractivity contribution in [1.82, 2.24) is 0 Å². The molecular formula is C13H12Cl4O2. The van der Waals surface area contributed by atoms with Gasteiger partial charge in [-0.25, -0.2) is 0 Å². The van der Waals surface area contributed by atoms with Crippen LogP contribution in [0, 0.1) is 17.8 Å². The molecule has 0 aliphatic heterocycles. The Hall–Kier alpha value is -0.0700. The highest BCUT2D eigenvalue weighted by Crippen LogP contribution is 2.65. The van der Waals surface area contributed by atoms with Gasteiger partial charge in [-0.2, -0.15) is 0 Å². The van der Waals surface area contributed by atoms with Crippen molar-refractivity contribution in [3.8, 4) is 11.8 Å². The van der Waals surface area contributed by atoms with Gasteiger partial charge in [0.05, 0.1) is 19.8 Å². The van der Waals surface area contributed by atoms with Crippen molar-refractivity contribution in [1.29, 1.82) is 0 Å². The molecule has 2 aliphatic rings. The highest BCUT2D eigenvalue weighted by atomic mass is 35.5. The zero-order valence-corrected chi connectivity index (χ0v) is 13.3. The quantitative estimate of drug-likeness (QED) is 0.431. The summed E-state index contributed by atoms with van der Waals surface area (Å²) in [5, 5.41) is 0.916. The second-order valence-corrected chi connectivity index (χ2v) is 7.03. The first-order chi connectivity index (χ1) is 8.79. The van der Waals surface area contributed by atoms with E-state index in [1.165, 1.54) is 6.92 Å². The average molecular weight is 342 g/mol. The van der Waals surface area contributed by atoms with Gasteiger partial charge < -0.3 is 4.74 Å². The summed E-state index contributed by atoms with van der Waals surface area (Å²) >= 11 is 25.3. The predicted molar refractivity (Wildman–Crippen MR) is 77.7 cm³/mol. The Balaban J connectivity index is 2.00. The molecule has 0 spiro atoms. The third-order valence-electron chi connectivity index (χ3n) is 3.53. The molecule has 19 heavy (non-hydrogen) atoms. The fourth-order valence-corrected chi connectivity index (χ4v) is 4.45. The number of hydrogen-bond donors (Lipinski definition) is 0. The second-order valence-electron chi connectivity index (χ2n) is 4.87. The number of alkyl halides is 2. The van der Waals surface area contributed by atoms with Crippen molar-refractivity contribution < 1.29 is 9.53 Å². The number of carbonyl (C=O) groups is 1. The van der Waals surface area contributed by atoms with E-state index in [9.17, 15) is 4.79 Å². The van der Waals surface area contributed by atoms with E-state index < -0.39 is 9.75 Å². The largest absolute Gasteiger partial charge is 0.453 e. The Bertz CT molecular complexity index is 505. The average Bonchev–Trinajstić information content (AvgIpc) is 2.68. The standard InChI is InChI=1S/C13H12Cl4O2/c1-8(18)19-5-3-2-4-9-6-12(16)7-13(9,17)11(15)10(12)14/h9H,4-7H2,1H3. The maximum atomic E-state index is 10.6. The van der Waals surface area contributed by atoms with Crippen LogP contribution in [0.1, 0.15) is 26.2 Å². The fourth-order valence-electron chi connectivity index (χ4n) is 2.60. The zero-order chi connectivity index (χ0) is 14.3. The van der Waals surface area contributed by atoms with Gasteiger partial charge >= 0.3 is 5.97 Å². The predicted octanol–water partition coefficient (Wildman–Crippen LogP) is 4.01. The van der Waals surface area contributed by atoms with Crippen molar-refractivity contribution in [3.05, 3.63) is 10.1 Å². The van der Waals surface area contributed by atoms with Crippen LogP contribution < -0.4 is 0 Å². The van der Waals surface area contributed by atoms with E-state index in [4.69, 9.17) is 51.1 Å². The molecular weight excluding hydrogens is 330 g/mol. The maximum Gasteiger partial charge on any atom is 0.303 e. The Labute approximate surface area is 132 Å². The lowest BCUT2D eigenvalue weighted by atomic mass is 9.89. The molecule has 2 rings (SSSR count). The van der Waals surface area contributed by atoms with Gasteiger partial charge in [0, 0.05) is 13.3 Å². The molecule has 104 valence electrons. The molecule has 2 bridgehead atoms. The summed E-state index contributed by atoms with van der Waals surface area (Å²) in [6, 6.07) is 0. The molecule has 0 aromatic rings. The lowest BCUT2D eigenvalue weighted by Crippen LogP contribution is -2.27. The van der Waals surface area contributed by atoms with Crippen molar-refractivity contribution in [2.24, 2.45) is 5.92 Å². The number of hydrogen-bond acceptors (Lipinski definition) is 2. The van der Waals surface area contributed by atoms with Crippen LogP contribution in [0.5, 0.6) is 0 Å². The number of fused-ring (bicyclic) bond motifs is 2. The minimum Gasteiger partial charge on any atom is -0.453 e. The molecule has 0 radical (unpaired) electrons. The third-order valence-corrected chi connectivity index (χ3v) is 6.00. The first-order valence-electron chi connectivity index (χ1n) is 5.83. The van der Waals surface area contributed by atoms with Crippen LogP contribution in [0.4, 0.5) is 0 Å². The first-order valence-corrected chi connectivity index (χ1v) is 7.34. The summed E-state index contributed by atoms with van der Waals surface area (Å²) in [4.78, 5) is 9.24. The van der Waals surface area contributed by atoms with Crippen molar-refractivity contribution in [2.75, 3.05) is 6.61 Å². The van der Waals surface area contributed by atoms with Gasteiger partial charge in [0.2, 0.25) is 0 Å². The molecule has 2 nitrogen and oxygen atoms in total. The monoisotopic (exact) mass is 340 g/mol. The van der Waals surface area contributed by atoms with Crippen LogP contribution in [0.2, 0.25) is 0 Å². The summed E-state index contributed by atoms with van der Waals surface area (Å²) in [5.74, 6) is 5.44. The normalized spacial score (nSPS) is 36.2. The topological polar surface area (TPSA) is 26.3 Å². The molecule has 1 fully saturated rings. The number of esters is 1. The summed E-state index contributed by atoms with van der Waals surface area (Å²) in [6.45, 7) is 1.43. The van der Waals surface area contributed by atoms with Crippen LogP contribution in [0.15, 0.2) is 10.1 Å². The summed E-state index contributed by atoms with van der Waals surface area (Å²) in [7, 11) is 0. The van der Waals surface area contributed by atoms with Crippen molar-refractivity contribution in [2.45, 2.75) is 35.9 Å². The van der Waals surface area contributed by atoms with Crippen LogP contribution in [-0.4, -0.2) is 22.3 Å². The van der Waals surface area contributed by atoms with Gasteiger partial charge in [-0.3, -0.25) is 4.79 Å². The Morgan fingerprint density at radius 3 is 2.58 bits per heavy atom. The smallest absolute Gasteiger partial charge is 0.303 e. The summed E-state index contributed by atoms with van der Waals surface area (Å²) in [6.07, 6.45) is 1.76. The van der Waals surface area contributed by atoms with E-state index in [0.717, 1.165) is 0 Å². The molecule has 2 aliphatic carbocycles. The van der Waals surface area contributed by atoms with E-state index in [1.54, 1.807) is 0 Å². The Morgan fingerprint density at radius 2 is 2.05 bits per heavy atom. The Morgan fingerprint density at radius 1 is 1.37 bits per heavy atom.